The van der Waals surface area contributed by atoms with E-state index in [0.29, 0.717) is 10.2 Å². The Bertz CT molecular complexity index is 487. The van der Waals surface area contributed by atoms with E-state index in [-0.39, 0.29) is 5.78 Å². The van der Waals surface area contributed by atoms with Crippen LogP contribution in [0.3, 0.4) is 0 Å². The summed E-state index contributed by atoms with van der Waals surface area (Å²) in [6.07, 6.45) is 1.59. The maximum atomic E-state index is 12.1. The predicted octanol–water partition coefficient (Wildman–Crippen LogP) is 2.13. The fourth-order valence-electron chi connectivity index (χ4n) is 1.43. The van der Waals surface area contributed by atoms with E-state index in [1.807, 2.05) is 17.5 Å². The molecule has 0 saturated heterocycles. The predicted molar refractivity (Wildman–Crippen MR) is 66.5 cm³/mol. The average molecular weight is 300 g/mol. The molecule has 84 valence electrons. The second kappa shape index (κ2) is 4.48. The van der Waals surface area contributed by atoms with E-state index in [4.69, 9.17) is 5.73 Å². The van der Waals surface area contributed by atoms with Crippen molar-refractivity contribution in [3.63, 3.8) is 0 Å². The number of ketones is 1. The van der Waals surface area contributed by atoms with Gasteiger partial charge >= 0.3 is 0 Å². The van der Waals surface area contributed by atoms with Gasteiger partial charge in [-0.25, -0.2) is 0 Å². The maximum absolute atomic E-state index is 12.1. The number of hydrogen-bond acceptors (Lipinski definition) is 4. The Balaban J connectivity index is 2.33. The van der Waals surface area contributed by atoms with Crippen LogP contribution < -0.4 is 5.73 Å². The highest BCUT2D eigenvalue weighted by atomic mass is 79.9. The molecule has 4 nitrogen and oxygen atoms in total. The highest BCUT2D eigenvalue weighted by Gasteiger charge is 2.23. The average Bonchev–Trinajstić information content (AvgIpc) is 2.87. The molecule has 1 unspecified atom stereocenters. The van der Waals surface area contributed by atoms with Gasteiger partial charge < -0.3 is 5.73 Å². The summed E-state index contributed by atoms with van der Waals surface area (Å²) in [5, 5.41) is 5.90. The Morgan fingerprint density at radius 3 is 2.94 bits per heavy atom. The van der Waals surface area contributed by atoms with Crippen LogP contribution in [-0.4, -0.2) is 15.6 Å². The van der Waals surface area contributed by atoms with Crippen LogP contribution in [0, 0.1) is 0 Å². The van der Waals surface area contributed by atoms with E-state index in [1.54, 1.807) is 13.2 Å². The lowest BCUT2D eigenvalue weighted by Crippen LogP contribution is -2.23. The summed E-state index contributed by atoms with van der Waals surface area (Å²) in [6.45, 7) is 0. The Kier molecular flexibility index (Phi) is 3.22. The van der Waals surface area contributed by atoms with E-state index in [1.165, 1.54) is 16.0 Å². The molecule has 2 aromatic rings. The number of carbonyl (C=O) groups is 1. The molecule has 0 aromatic carbocycles. The Morgan fingerprint density at radius 2 is 2.44 bits per heavy atom. The van der Waals surface area contributed by atoms with Crippen molar-refractivity contribution in [3.05, 3.63) is 38.8 Å². The van der Waals surface area contributed by atoms with Crippen LogP contribution in [0.15, 0.2) is 28.2 Å². The van der Waals surface area contributed by atoms with E-state index in [2.05, 4.69) is 21.0 Å². The molecule has 0 aliphatic carbocycles. The Morgan fingerprint density at radius 1 is 1.69 bits per heavy atom. The minimum Gasteiger partial charge on any atom is -0.317 e. The van der Waals surface area contributed by atoms with Gasteiger partial charge in [0.25, 0.3) is 0 Å². The largest absolute Gasteiger partial charge is 0.317 e. The lowest BCUT2D eigenvalue weighted by Gasteiger charge is -2.08. The molecular weight excluding hydrogens is 290 g/mol. The highest BCUT2D eigenvalue weighted by molar-refractivity contribution is 9.10. The SMILES string of the molecule is Cn1ncc(Br)c1C(=O)C(N)c1cccs1. The zero-order chi connectivity index (χ0) is 11.7. The molecule has 0 fully saturated rings. The van der Waals surface area contributed by atoms with Crippen LogP contribution in [-0.2, 0) is 7.05 Å². The van der Waals surface area contributed by atoms with Gasteiger partial charge in [-0.3, -0.25) is 9.48 Å². The van der Waals surface area contributed by atoms with Gasteiger partial charge in [0.15, 0.2) is 0 Å². The van der Waals surface area contributed by atoms with Crippen molar-refractivity contribution in [1.29, 1.82) is 0 Å². The summed E-state index contributed by atoms with van der Waals surface area (Å²) in [5.41, 5.74) is 6.41. The van der Waals surface area contributed by atoms with Crippen molar-refractivity contribution in [1.82, 2.24) is 9.78 Å². The summed E-state index contributed by atoms with van der Waals surface area (Å²) in [4.78, 5) is 13.0. The van der Waals surface area contributed by atoms with Gasteiger partial charge in [0.05, 0.1) is 10.7 Å². The molecule has 0 spiro atoms. The molecule has 0 aliphatic heterocycles. The summed E-state index contributed by atoms with van der Waals surface area (Å²) in [7, 11) is 1.72. The third kappa shape index (κ3) is 1.95. The van der Waals surface area contributed by atoms with E-state index in [9.17, 15) is 4.79 Å². The number of aromatic nitrogens is 2. The molecule has 0 amide bonds. The molecule has 2 N–H and O–H groups in total. The lowest BCUT2D eigenvalue weighted by atomic mass is 10.1. The van der Waals surface area contributed by atoms with Gasteiger partial charge in [-0.1, -0.05) is 6.07 Å². The molecule has 2 aromatic heterocycles. The number of thiophene rings is 1. The summed E-state index contributed by atoms with van der Waals surface area (Å²) in [6, 6.07) is 3.12. The first-order chi connectivity index (χ1) is 7.61. The molecule has 0 aliphatic rings. The molecule has 16 heavy (non-hydrogen) atoms. The van der Waals surface area contributed by atoms with Crippen molar-refractivity contribution in [2.45, 2.75) is 6.04 Å². The van der Waals surface area contributed by atoms with Crippen molar-refractivity contribution >= 4 is 33.0 Å². The fourth-order valence-corrected chi connectivity index (χ4v) is 2.70. The van der Waals surface area contributed by atoms with Crippen molar-refractivity contribution in [2.24, 2.45) is 12.8 Å². The summed E-state index contributed by atoms with van der Waals surface area (Å²) < 4.78 is 2.20. The van der Waals surface area contributed by atoms with Crippen molar-refractivity contribution in [2.75, 3.05) is 0 Å². The van der Waals surface area contributed by atoms with Crippen LogP contribution in [0.2, 0.25) is 0 Å². The first kappa shape index (κ1) is 11.5. The zero-order valence-electron chi connectivity index (χ0n) is 8.55. The Hall–Kier alpha value is -0.980. The number of aryl methyl sites for hydroxylation is 1. The minimum absolute atomic E-state index is 0.130. The van der Waals surface area contributed by atoms with Gasteiger partial charge in [-0.15, -0.1) is 11.3 Å². The molecule has 2 rings (SSSR count). The van der Waals surface area contributed by atoms with Crippen LogP contribution in [0.5, 0.6) is 0 Å². The number of nitrogens with zero attached hydrogens (tertiary/aromatic N) is 2. The van der Waals surface area contributed by atoms with Crippen LogP contribution >= 0.6 is 27.3 Å². The number of hydrogen-bond donors (Lipinski definition) is 1. The quantitative estimate of drug-likeness (QED) is 0.883. The standard InChI is InChI=1S/C10H10BrN3OS/c1-14-9(6(11)5-13-14)10(15)8(12)7-3-2-4-16-7/h2-5,8H,12H2,1H3. The third-order valence-corrected chi connectivity index (χ3v) is 3.80. The Labute approximate surface area is 105 Å². The number of nitrogens with two attached hydrogens (primary N) is 1. The molecule has 0 radical (unpaired) electrons. The van der Waals surface area contributed by atoms with E-state index >= 15 is 0 Å². The minimum atomic E-state index is -0.619. The molecule has 1 atom stereocenters. The lowest BCUT2D eigenvalue weighted by molar-refractivity contribution is 0.0952. The summed E-state index contributed by atoms with van der Waals surface area (Å²) in [5.74, 6) is -0.130. The van der Waals surface area contributed by atoms with E-state index in [0.717, 1.165) is 4.88 Å². The van der Waals surface area contributed by atoms with Gasteiger partial charge in [-0.2, -0.15) is 5.10 Å². The van der Waals surface area contributed by atoms with Crippen molar-refractivity contribution in [3.8, 4) is 0 Å². The second-order valence-electron chi connectivity index (χ2n) is 3.32. The monoisotopic (exact) mass is 299 g/mol. The number of halogens is 1. The number of Topliss-reactive ketones (excluding diaryl/α,β-unsaturated/α-hetero) is 1. The smallest absolute Gasteiger partial charge is 0.203 e. The van der Waals surface area contributed by atoms with Crippen LogP contribution in [0.1, 0.15) is 21.4 Å². The van der Waals surface area contributed by atoms with Crippen molar-refractivity contribution < 1.29 is 4.79 Å². The van der Waals surface area contributed by atoms with Gasteiger partial charge in [0.1, 0.15) is 11.7 Å². The normalized spacial score (nSPS) is 12.7. The first-order valence-corrected chi connectivity index (χ1v) is 6.29. The zero-order valence-corrected chi connectivity index (χ0v) is 11.0. The van der Waals surface area contributed by atoms with Gasteiger partial charge in [0, 0.05) is 11.9 Å². The van der Waals surface area contributed by atoms with Crippen LogP contribution in [0.4, 0.5) is 0 Å². The number of rotatable bonds is 3. The van der Waals surface area contributed by atoms with E-state index < -0.39 is 6.04 Å². The maximum Gasteiger partial charge on any atom is 0.203 e. The number of carbonyl (C=O) groups excluding carboxylic acids is 1. The fraction of sp³-hybridized carbons (Fsp3) is 0.200. The highest BCUT2D eigenvalue weighted by Crippen LogP contribution is 2.24. The van der Waals surface area contributed by atoms with Gasteiger partial charge in [0.2, 0.25) is 5.78 Å². The molecular formula is C10H10BrN3OS. The molecule has 2 heterocycles. The molecule has 0 bridgehead atoms. The molecule has 0 saturated carbocycles. The third-order valence-electron chi connectivity index (χ3n) is 2.26. The first-order valence-electron chi connectivity index (χ1n) is 4.62. The van der Waals surface area contributed by atoms with Crippen LogP contribution in [0.25, 0.3) is 0 Å². The molecule has 6 heteroatoms. The topological polar surface area (TPSA) is 60.9 Å². The van der Waals surface area contributed by atoms with Gasteiger partial charge in [-0.05, 0) is 27.4 Å². The summed E-state index contributed by atoms with van der Waals surface area (Å²) >= 11 is 4.77. The second-order valence-corrected chi connectivity index (χ2v) is 5.16.